The van der Waals surface area contributed by atoms with Crippen molar-refractivity contribution in [1.82, 2.24) is 4.90 Å². The Bertz CT molecular complexity index is 381. The minimum atomic E-state index is -0.0405. The highest BCUT2D eigenvalue weighted by atomic mass is 32.1. The molecule has 0 rings (SSSR count). The highest BCUT2D eigenvalue weighted by Gasteiger charge is 2.01. The molecule has 158 valence electrons. The van der Waals surface area contributed by atoms with Gasteiger partial charge in [0.25, 0.3) is 0 Å². The fraction of sp³-hybridized carbons (Fsp3) is 0.783. The first-order chi connectivity index (χ1) is 13.2. The Labute approximate surface area is 174 Å². The second kappa shape index (κ2) is 21.6. The number of allylic oxidation sites excluding steroid dienone is 4. The molecule has 0 fully saturated rings. The summed E-state index contributed by atoms with van der Waals surface area (Å²) in [5.41, 5.74) is 0. The molecule has 0 aromatic rings. The molecule has 0 saturated heterocycles. The number of esters is 1. The summed E-state index contributed by atoms with van der Waals surface area (Å²) < 4.78 is 5.26. The molecule has 0 aromatic heterocycles. The average molecular weight is 398 g/mol. The van der Waals surface area contributed by atoms with Gasteiger partial charge in [-0.3, -0.25) is 4.79 Å². The van der Waals surface area contributed by atoms with E-state index in [2.05, 4.69) is 55.9 Å². The van der Waals surface area contributed by atoms with Crippen molar-refractivity contribution in [2.24, 2.45) is 0 Å². The maximum absolute atomic E-state index is 11.6. The van der Waals surface area contributed by atoms with Crippen molar-refractivity contribution in [2.75, 3.05) is 33.0 Å². The van der Waals surface area contributed by atoms with E-state index in [0.29, 0.717) is 13.0 Å². The van der Waals surface area contributed by atoms with Crippen molar-refractivity contribution >= 4 is 18.6 Å². The number of rotatable bonds is 19. The quantitative estimate of drug-likeness (QED) is 0.122. The summed E-state index contributed by atoms with van der Waals surface area (Å²) in [6, 6.07) is 0. The van der Waals surface area contributed by atoms with Crippen LogP contribution in [0.15, 0.2) is 24.3 Å². The second-order valence-electron chi connectivity index (χ2n) is 7.42. The summed E-state index contributed by atoms with van der Waals surface area (Å²) in [6.07, 6.45) is 23.4. The summed E-state index contributed by atoms with van der Waals surface area (Å²) in [7, 11) is 4.12. The molecule has 0 radical (unpaired) electrons. The SMILES string of the molecule is CN(C)CCCCOC(=O)CCCC/C=C\CCC/C=C\CCCCCS. The molecule has 0 bridgehead atoms. The zero-order valence-electron chi connectivity index (χ0n) is 17.8. The third-order valence-electron chi connectivity index (χ3n) is 4.37. The zero-order valence-corrected chi connectivity index (χ0v) is 18.7. The van der Waals surface area contributed by atoms with Crippen LogP contribution in [0.4, 0.5) is 0 Å². The fourth-order valence-electron chi connectivity index (χ4n) is 2.70. The van der Waals surface area contributed by atoms with Crippen LogP contribution >= 0.6 is 12.6 Å². The number of hydrogen-bond acceptors (Lipinski definition) is 4. The van der Waals surface area contributed by atoms with E-state index in [9.17, 15) is 4.79 Å². The fourth-order valence-corrected chi connectivity index (χ4v) is 2.92. The number of hydrogen-bond donors (Lipinski definition) is 1. The van der Waals surface area contributed by atoms with E-state index in [1.807, 2.05) is 0 Å². The topological polar surface area (TPSA) is 29.5 Å². The summed E-state index contributed by atoms with van der Waals surface area (Å²) in [5.74, 6) is 0.971. The van der Waals surface area contributed by atoms with Gasteiger partial charge in [0.1, 0.15) is 0 Å². The van der Waals surface area contributed by atoms with E-state index in [-0.39, 0.29) is 5.97 Å². The van der Waals surface area contributed by atoms with Crippen molar-refractivity contribution in [3.63, 3.8) is 0 Å². The van der Waals surface area contributed by atoms with Gasteiger partial charge in [-0.1, -0.05) is 30.7 Å². The number of unbranched alkanes of at least 4 members (excludes halogenated alkanes) is 8. The normalized spacial score (nSPS) is 11.9. The van der Waals surface area contributed by atoms with E-state index in [1.165, 1.54) is 38.5 Å². The van der Waals surface area contributed by atoms with Crippen molar-refractivity contribution in [1.29, 1.82) is 0 Å². The minimum Gasteiger partial charge on any atom is -0.466 e. The molecule has 27 heavy (non-hydrogen) atoms. The highest BCUT2D eigenvalue weighted by Crippen LogP contribution is 2.06. The molecule has 3 nitrogen and oxygen atoms in total. The molecule has 0 saturated carbocycles. The van der Waals surface area contributed by atoms with Gasteiger partial charge in [-0.2, -0.15) is 12.6 Å². The Hall–Kier alpha value is -0.740. The Balaban J connectivity index is 3.30. The lowest BCUT2D eigenvalue weighted by Crippen LogP contribution is -2.14. The average Bonchev–Trinajstić information content (AvgIpc) is 2.64. The van der Waals surface area contributed by atoms with E-state index in [1.54, 1.807) is 0 Å². The lowest BCUT2D eigenvalue weighted by Gasteiger charge is -2.09. The number of thiol groups is 1. The van der Waals surface area contributed by atoms with Crippen LogP contribution in [0.3, 0.4) is 0 Å². The van der Waals surface area contributed by atoms with E-state index < -0.39 is 0 Å². The third-order valence-corrected chi connectivity index (χ3v) is 4.68. The molecular weight excluding hydrogens is 354 g/mol. The Morgan fingerprint density at radius 2 is 1.37 bits per heavy atom. The summed E-state index contributed by atoms with van der Waals surface area (Å²) >= 11 is 4.22. The van der Waals surface area contributed by atoms with Crippen LogP contribution in [0.2, 0.25) is 0 Å². The zero-order chi connectivity index (χ0) is 20.0. The predicted octanol–water partition coefficient (Wildman–Crippen LogP) is 6.20. The number of carbonyl (C=O) groups is 1. The van der Waals surface area contributed by atoms with Gasteiger partial charge in [-0.25, -0.2) is 0 Å². The van der Waals surface area contributed by atoms with Gasteiger partial charge in [-0.15, -0.1) is 0 Å². The third kappa shape index (κ3) is 23.2. The van der Waals surface area contributed by atoms with Crippen LogP contribution in [0.25, 0.3) is 0 Å². The largest absolute Gasteiger partial charge is 0.466 e. The monoisotopic (exact) mass is 397 g/mol. The van der Waals surface area contributed by atoms with Crippen LogP contribution in [0.5, 0.6) is 0 Å². The van der Waals surface area contributed by atoms with E-state index in [4.69, 9.17) is 4.74 Å². The molecule has 0 unspecified atom stereocenters. The van der Waals surface area contributed by atoms with Gasteiger partial charge in [0.05, 0.1) is 6.61 Å². The van der Waals surface area contributed by atoms with E-state index >= 15 is 0 Å². The molecule has 0 spiro atoms. The summed E-state index contributed by atoms with van der Waals surface area (Å²) in [5, 5.41) is 0. The molecule has 0 aliphatic carbocycles. The smallest absolute Gasteiger partial charge is 0.305 e. The summed E-state index contributed by atoms with van der Waals surface area (Å²) in [6.45, 7) is 1.62. The molecule has 0 N–H and O–H groups in total. The lowest BCUT2D eigenvalue weighted by molar-refractivity contribution is -0.143. The first-order valence-corrected chi connectivity index (χ1v) is 11.5. The van der Waals surface area contributed by atoms with Crippen molar-refractivity contribution in [3.05, 3.63) is 24.3 Å². The highest BCUT2D eigenvalue weighted by molar-refractivity contribution is 7.80. The van der Waals surface area contributed by atoms with Crippen LogP contribution in [0, 0.1) is 0 Å². The van der Waals surface area contributed by atoms with Crippen LogP contribution < -0.4 is 0 Å². The molecule has 4 heteroatoms. The van der Waals surface area contributed by atoms with Crippen molar-refractivity contribution < 1.29 is 9.53 Å². The standard InChI is InChI=1S/C23H43NO2S/c1-24(2)20-16-17-21-26-23(25)19-15-13-11-9-7-5-3-4-6-8-10-12-14-18-22-27/h6-9,27H,3-5,10-22H2,1-2H3/b8-6-,9-7-. The molecule has 0 amide bonds. The number of carbonyl (C=O) groups excluding carboxylic acids is 1. The lowest BCUT2D eigenvalue weighted by atomic mass is 10.1. The van der Waals surface area contributed by atoms with E-state index in [0.717, 1.165) is 50.8 Å². The van der Waals surface area contributed by atoms with Gasteiger partial charge in [0.2, 0.25) is 0 Å². The van der Waals surface area contributed by atoms with Crippen molar-refractivity contribution in [3.8, 4) is 0 Å². The minimum absolute atomic E-state index is 0.0405. The molecule has 0 heterocycles. The molecular formula is C23H43NO2S. The number of ether oxygens (including phenoxy) is 1. The predicted molar refractivity (Wildman–Crippen MR) is 122 cm³/mol. The van der Waals surface area contributed by atoms with Crippen LogP contribution in [0.1, 0.15) is 83.5 Å². The van der Waals surface area contributed by atoms with Gasteiger partial charge < -0.3 is 9.64 Å². The molecule has 0 aliphatic heterocycles. The van der Waals surface area contributed by atoms with Crippen LogP contribution in [-0.4, -0.2) is 43.9 Å². The molecule has 0 atom stereocenters. The second-order valence-corrected chi connectivity index (χ2v) is 7.87. The maximum atomic E-state index is 11.6. The Kier molecular flexibility index (Phi) is 21.0. The molecule has 0 aromatic carbocycles. The van der Waals surface area contributed by atoms with Gasteiger partial charge >= 0.3 is 5.97 Å². The maximum Gasteiger partial charge on any atom is 0.305 e. The molecule has 0 aliphatic rings. The number of nitrogens with zero attached hydrogens (tertiary/aromatic N) is 1. The van der Waals surface area contributed by atoms with Crippen LogP contribution in [-0.2, 0) is 9.53 Å². The van der Waals surface area contributed by atoms with Gasteiger partial charge in [0.15, 0.2) is 0 Å². The first kappa shape index (κ1) is 26.3. The Morgan fingerprint density at radius 1 is 0.778 bits per heavy atom. The van der Waals surface area contributed by atoms with Crippen molar-refractivity contribution in [2.45, 2.75) is 83.5 Å². The van der Waals surface area contributed by atoms with Gasteiger partial charge in [-0.05, 0) is 97.0 Å². The first-order valence-electron chi connectivity index (χ1n) is 10.9. The Morgan fingerprint density at radius 3 is 1.96 bits per heavy atom. The summed E-state index contributed by atoms with van der Waals surface area (Å²) in [4.78, 5) is 13.8. The van der Waals surface area contributed by atoms with Gasteiger partial charge in [0, 0.05) is 6.42 Å².